The highest BCUT2D eigenvalue weighted by atomic mass is 16.2. The molecule has 19 heavy (non-hydrogen) atoms. The van der Waals surface area contributed by atoms with Crippen molar-refractivity contribution in [3.63, 3.8) is 0 Å². The number of rotatable bonds is 3. The molecule has 0 unspecified atom stereocenters. The molecular formula is C13H15N3O3. The number of carbonyl (C=O) groups is 3. The first-order chi connectivity index (χ1) is 8.97. The van der Waals surface area contributed by atoms with Gasteiger partial charge in [-0.1, -0.05) is 17.7 Å². The number of nitrogens with zero attached hydrogens (tertiary/aromatic N) is 1. The summed E-state index contributed by atoms with van der Waals surface area (Å²) in [5.74, 6) is -0.780. The number of benzene rings is 1. The van der Waals surface area contributed by atoms with Crippen LogP contribution in [-0.4, -0.2) is 35.8 Å². The summed E-state index contributed by atoms with van der Waals surface area (Å²) in [6.07, 6.45) is 0. The molecule has 100 valence electrons. The molecule has 0 atom stereocenters. The number of hydrogen-bond donors (Lipinski definition) is 2. The van der Waals surface area contributed by atoms with Gasteiger partial charge in [-0.15, -0.1) is 0 Å². The van der Waals surface area contributed by atoms with Gasteiger partial charge in [-0.05, 0) is 25.5 Å². The Hall–Kier alpha value is -2.37. The molecule has 0 radical (unpaired) electrons. The van der Waals surface area contributed by atoms with Crippen LogP contribution < -0.4 is 10.6 Å². The van der Waals surface area contributed by atoms with Crippen LogP contribution in [0.1, 0.15) is 11.1 Å². The van der Waals surface area contributed by atoms with Gasteiger partial charge >= 0.3 is 6.03 Å². The molecule has 4 amide bonds. The van der Waals surface area contributed by atoms with Gasteiger partial charge in [0.2, 0.25) is 5.91 Å². The van der Waals surface area contributed by atoms with Crippen molar-refractivity contribution in [3.05, 3.63) is 29.3 Å². The average Bonchev–Trinajstić information content (AvgIpc) is 2.65. The lowest BCUT2D eigenvalue weighted by Gasteiger charge is -2.13. The van der Waals surface area contributed by atoms with Gasteiger partial charge in [0.1, 0.15) is 6.54 Å². The summed E-state index contributed by atoms with van der Waals surface area (Å²) in [6.45, 7) is 3.54. The van der Waals surface area contributed by atoms with Crippen molar-refractivity contribution in [1.82, 2.24) is 10.2 Å². The van der Waals surface area contributed by atoms with Gasteiger partial charge < -0.3 is 10.6 Å². The van der Waals surface area contributed by atoms with Crippen molar-refractivity contribution in [2.75, 3.05) is 18.4 Å². The number of imide groups is 1. The molecule has 0 aromatic heterocycles. The van der Waals surface area contributed by atoms with Crippen molar-refractivity contribution in [3.8, 4) is 0 Å². The Morgan fingerprint density at radius 3 is 2.68 bits per heavy atom. The third-order valence-electron chi connectivity index (χ3n) is 2.89. The van der Waals surface area contributed by atoms with Crippen LogP contribution in [0, 0.1) is 13.8 Å². The Kier molecular flexibility index (Phi) is 3.50. The van der Waals surface area contributed by atoms with Crippen molar-refractivity contribution in [2.45, 2.75) is 13.8 Å². The molecule has 6 heteroatoms. The number of aryl methyl sites for hydroxylation is 2. The van der Waals surface area contributed by atoms with E-state index >= 15 is 0 Å². The maximum atomic E-state index is 11.8. The SMILES string of the molecule is Cc1ccc(NC(=O)CN2C(=O)CNC2=O)c(C)c1. The maximum absolute atomic E-state index is 11.8. The van der Waals surface area contributed by atoms with E-state index in [2.05, 4.69) is 10.6 Å². The van der Waals surface area contributed by atoms with Crippen LogP contribution in [0.25, 0.3) is 0 Å². The largest absolute Gasteiger partial charge is 0.329 e. The van der Waals surface area contributed by atoms with E-state index in [1.807, 2.05) is 26.0 Å². The van der Waals surface area contributed by atoms with Crippen LogP contribution in [-0.2, 0) is 9.59 Å². The fourth-order valence-electron chi connectivity index (χ4n) is 1.90. The summed E-state index contributed by atoms with van der Waals surface area (Å²) >= 11 is 0. The zero-order valence-electron chi connectivity index (χ0n) is 10.8. The summed E-state index contributed by atoms with van der Waals surface area (Å²) in [7, 11) is 0. The highest BCUT2D eigenvalue weighted by Crippen LogP contribution is 2.16. The lowest BCUT2D eigenvalue weighted by molar-refractivity contribution is -0.128. The van der Waals surface area contributed by atoms with E-state index in [0.717, 1.165) is 16.0 Å². The zero-order valence-corrected chi connectivity index (χ0v) is 10.8. The standard InChI is InChI=1S/C13H15N3O3/c1-8-3-4-10(9(2)5-8)15-11(17)7-16-12(18)6-14-13(16)19/h3-5H,6-7H2,1-2H3,(H,14,19)(H,15,17). The minimum absolute atomic E-state index is 0.0460. The quantitative estimate of drug-likeness (QED) is 0.790. The first-order valence-corrected chi connectivity index (χ1v) is 5.92. The van der Waals surface area contributed by atoms with Crippen molar-refractivity contribution in [1.29, 1.82) is 0 Å². The van der Waals surface area contributed by atoms with E-state index in [1.54, 1.807) is 6.07 Å². The van der Waals surface area contributed by atoms with Crippen LogP contribution in [0.5, 0.6) is 0 Å². The van der Waals surface area contributed by atoms with Crippen LogP contribution in [0.4, 0.5) is 10.5 Å². The molecule has 1 fully saturated rings. The second kappa shape index (κ2) is 5.09. The minimum Gasteiger partial charge on any atom is -0.329 e. The predicted octanol–water partition coefficient (Wildman–Crippen LogP) is 0.794. The predicted molar refractivity (Wildman–Crippen MR) is 69.7 cm³/mol. The van der Waals surface area contributed by atoms with Crippen LogP contribution in [0.15, 0.2) is 18.2 Å². The second-order valence-electron chi connectivity index (χ2n) is 4.51. The summed E-state index contributed by atoms with van der Waals surface area (Å²) in [4.78, 5) is 35.4. The van der Waals surface area contributed by atoms with Gasteiger partial charge in [0, 0.05) is 5.69 Å². The van der Waals surface area contributed by atoms with E-state index in [4.69, 9.17) is 0 Å². The third-order valence-corrected chi connectivity index (χ3v) is 2.89. The van der Waals surface area contributed by atoms with Gasteiger partial charge in [0.15, 0.2) is 0 Å². The Morgan fingerprint density at radius 1 is 1.37 bits per heavy atom. The molecule has 6 nitrogen and oxygen atoms in total. The van der Waals surface area contributed by atoms with Crippen molar-refractivity contribution >= 4 is 23.5 Å². The number of amides is 4. The van der Waals surface area contributed by atoms with Crippen LogP contribution in [0.3, 0.4) is 0 Å². The molecule has 0 spiro atoms. The summed E-state index contributed by atoms with van der Waals surface area (Å²) in [6, 6.07) is 5.11. The normalized spacial score (nSPS) is 14.5. The second-order valence-corrected chi connectivity index (χ2v) is 4.51. The topological polar surface area (TPSA) is 78.5 Å². The number of hydrogen-bond acceptors (Lipinski definition) is 3. The Bertz CT molecular complexity index is 538. The average molecular weight is 261 g/mol. The van der Waals surface area contributed by atoms with Gasteiger partial charge in [-0.2, -0.15) is 0 Å². The number of nitrogens with one attached hydrogen (secondary N) is 2. The molecule has 0 bridgehead atoms. The molecule has 0 aliphatic carbocycles. The van der Waals surface area contributed by atoms with Crippen molar-refractivity contribution in [2.24, 2.45) is 0 Å². The Labute approximate surface area is 110 Å². The van der Waals surface area contributed by atoms with E-state index in [-0.39, 0.29) is 19.0 Å². The summed E-state index contributed by atoms with van der Waals surface area (Å²) < 4.78 is 0. The first-order valence-electron chi connectivity index (χ1n) is 5.92. The van der Waals surface area contributed by atoms with E-state index in [9.17, 15) is 14.4 Å². The molecular weight excluding hydrogens is 246 g/mol. The molecule has 1 aliphatic rings. The molecule has 1 saturated heterocycles. The fraction of sp³-hybridized carbons (Fsp3) is 0.308. The molecule has 1 aromatic rings. The maximum Gasteiger partial charge on any atom is 0.325 e. The minimum atomic E-state index is -0.527. The number of carbonyl (C=O) groups excluding carboxylic acids is 3. The molecule has 2 rings (SSSR count). The highest BCUT2D eigenvalue weighted by Gasteiger charge is 2.30. The first kappa shape index (κ1) is 13.1. The lowest BCUT2D eigenvalue weighted by atomic mass is 10.1. The molecule has 2 N–H and O–H groups in total. The van der Waals surface area contributed by atoms with E-state index in [0.29, 0.717) is 5.69 Å². The van der Waals surface area contributed by atoms with Crippen LogP contribution >= 0.6 is 0 Å². The monoisotopic (exact) mass is 261 g/mol. The van der Waals surface area contributed by atoms with Gasteiger partial charge in [0.25, 0.3) is 5.91 Å². The lowest BCUT2D eigenvalue weighted by Crippen LogP contribution is -2.38. The van der Waals surface area contributed by atoms with Crippen LogP contribution in [0.2, 0.25) is 0 Å². The molecule has 1 aromatic carbocycles. The number of urea groups is 1. The molecule has 0 saturated carbocycles. The number of anilines is 1. The fourth-order valence-corrected chi connectivity index (χ4v) is 1.90. The van der Waals surface area contributed by atoms with Gasteiger partial charge in [-0.3, -0.25) is 14.5 Å². The Morgan fingerprint density at radius 2 is 2.11 bits per heavy atom. The molecule has 1 heterocycles. The Balaban J connectivity index is 2.01. The van der Waals surface area contributed by atoms with Gasteiger partial charge in [0.05, 0.1) is 6.54 Å². The highest BCUT2D eigenvalue weighted by molar-refractivity contribution is 6.06. The third kappa shape index (κ3) is 2.90. The van der Waals surface area contributed by atoms with E-state index in [1.165, 1.54) is 0 Å². The zero-order chi connectivity index (χ0) is 14.0. The summed E-state index contributed by atoms with van der Waals surface area (Å²) in [5.41, 5.74) is 2.72. The summed E-state index contributed by atoms with van der Waals surface area (Å²) in [5, 5.41) is 5.06. The molecule has 1 aliphatic heterocycles. The van der Waals surface area contributed by atoms with E-state index < -0.39 is 11.9 Å². The van der Waals surface area contributed by atoms with Crippen molar-refractivity contribution < 1.29 is 14.4 Å². The smallest absolute Gasteiger partial charge is 0.325 e. The van der Waals surface area contributed by atoms with Gasteiger partial charge in [-0.25, -0.2) is 4.79 Å².